The number of amides is 3. The van der Waals surface area contributed by atoms with Gasteiger partial charge in [0.2, 0.25) is 11.8 Å². The average molecular weight is 582 g/mol. The van der Waals surface area contributed by atoms with E-state index in [-0.39, 0.29) is 48.2 Å². The Hall–Kier alpha value is -3.69. The molecule has 8 nitrogen and oxygen atoms in total. The average Bonchev–Trinajstić information content (AvgIpc) is 3.14. The van der Waals surface area contributed by atoms with Crippen molar-refractivity contribution in [3.8, 4) is 0 Å². The lowest BCUT2D eigenvalue weighted by Crippen LogP contribution is -2.51. The molecule has 1 aliphatic rings. The van der Waals surface area contributed by atoms with Gasteiger partial charge < -0.3 is 10.2 Å². The number of carbonyl (C=O) groups is 3. The minimum Gasteiger partial charge on any atom is -0.354 e. The van der Waals surface area contributed by atoms with Crippen molar-refractivity contribution in [2.24, 2.45) is 5.92 Å². The number of carbonyl (C=O) groups excluding carboxylic acids is 3. The van der Waals surface area contributed by atoms with Crippen LogP contribution in [0, 0.1) is 5.92 Å². The minimum atomic E-state index is -4.06. The van der Waals surface area contributed by atoms with Crippen LogP contribution in [-0.2, 0) is 32.6 Å². The Morgan fingerprint density at radius 3 is 2.23 bits per heavy atom. The molecule has 1 atom stereocenters. The van der Waals surface area contributed by atoms with Crippen molar-refractivity contribution in [2.45, 2.75) is 44.2 Å². The van der Waals surface area contributed by atoms with Crippen LogP contribution >= 0.6 is 11.6 Å². The van der Waals surface area contributed by atoms with E-state index < -0.39 is 27.9 Å². The van der Waals surface area contributed by atoms with Crippen molar-refractivity contribution in [1.29, 1.82) is 0 Å². The molecule has 0 aromatic heterocycles. The zero-order valence-electron chi connectivity index (χ0n) is 22.4. The molecular formula is C30H32ClN3O5S. The number of hydrogen-bond donors (Lipinski definition) is 1. The summed E-state index contributed by atoms with van der Waals surface area (Å²) in [4.78, 5) is 41.6. The van der Waals surface area contributed by atoms with Crippen LogP contribution in [0.5, 0.6) is 0 Å². The lowest BCUT2D eigenvalue weighted by molar-refractivity contribution is -0.141. The highest BCUT2D eigenvalue weighted by Crippen LogP contribution is 2.30. The van der Waals surface area contributed by atoms with Crippen LogP contribution in [0.2, 0.25) is 5.02 Å². The third-order valence-corrected chi connectivity index (χ3v) is 8.76. The third kappa shape index (κ3) is 6.71. The maximum absolute atomic E-state index is 13.8. The summed E-state index contributed by atoms with van der Waals surface area (Å²) < 4.78 is 26.8. The van der Waals surface area contributed by atoms with Crippen LogP contribution in [0.3, 0.4) is 0 Å². The predicted molar refractivity (Wildman–Crippen MR) is 153 cm³/mol. The molecule has 4 rings (SSSR count). The highest BCUT2D eigenvalue weighted by molar-refractivity contribution is 7.90. The van der Waals surface area contributed by atoms with E-state index in [4.69, 9.17) is 11.6 Å². The van der Waals surface area contributed by atoms with Crippen LogP contribution in [0.1, 0.15) is 41.8 Å². The predicted octanol–water partition coefficient (Wildman–Crippen LogP) is 4.29. The van der Waals surface area contributed by atoms with E-state index in [1.165, 1.54) is 17.0 Å². The van der Waals surface area contributed by atoms with Gasteiger partial charge in [-0.1, -0.05) is 80.0 Å². The van der Waals surface area contributed by atoms with Gasteiger partial charge in [-0.3, -0.25) is 14.4 Å². The van der Waals surface area contributed by atoms with Crippen LogP contribution in [0.15, 0.2) is 83.8 Å². The molecule has 0 saturated carbocycles. The van der Waals surface area contributed by atoms with E-state index in [9.17, 15) is 22.8 Å². The maximum atomic E-state index is 13.8. The van der Waals surface area contributed by atoms with Crippen molar-refractivity contribution in [2.75, 3.05) is 13.1 Å². The number of hydrogen-bond acceptors (Lipinski definition) is 5. The van der Waals surface area contributed by atoms with Gasteiger partial charge in [0, 0.05) is 37.5 Å². The molecule has 0 saturated heterocycles. The first-order chi connectivity index (χ1) is 19.1. The SMILES string of the molecule is CC(C)CNC(=O)C(Cc1ccccc1)N(Cc1ccc(Cl)cc1)C(=O)CCN1C(=O)c2ccccc2S1(=O)=O. The number of rotatable bonds is 11. The standard InChI is InChI=1S/C30H32ClN3O5S/c1-21(2)19-32-29(36)26(18-22-8-4-3-5-9-22)33(20-23-12-14-24(31)15-13-23)28(35)16-17-34-30(37)25-10-6-7-11-27(25)40(34,38)39/h3-15,21,26H,16-20H2,1-2H3,(H,32,36). The van der Waals surface area contributed by atoms with Crippen LogP contribution in [-0.4, -0.2) is 54.5 Å². The Morgan fingerprint density at radius 1 is 0.925 bits per heavy atom. The Morgan fingerprint density at radius 2 is 1.57 bits per heavy atom. The van der Waals surface area contributed by atoms with Gasteiger partial charge in [-0.15, -0.1) is 0 Å². The smallest absolute Gasteiger partial charge is 0.269 e. The Labute approximate surface area is 240 Å². The van der Waals surface area contributed by atoms with Gasteiger partial charge in [-0.25, -0.2) is 12.7 Å². The van der Waals surface area contributed by atoms with Gasteiger partial charge in [0.1, 0.15) is 10.9 Å². The number of halogens is 1. The Kier molecular flexibility index (Phi) is 9.27. The molecule has 3 aromatic rings. The topological polar surface area (TPSA) is 104 Å². The number of nitrogens with one attached hydrogen (secondary N) is 1. The molecule has 210 valence electrons. The lowest BCUT2D eigenvalue weighted by atomic mass is 10.0. The molecule has 0 radical (unpaired) electrons. The van der Waals surface area contributed by atoms with Crippen molar-refractivity contribution >= 4 is 39.3 Å². The zero-order valence-corrected chi connectivity index (χ0v) is 24.0. The summed E-state index contributed by atoms with van der Waals surface area (Å²) in [6.45, 7) is 4.16. The highest BCUT2D eigenvalue weighted by Gasteiger charge is 2.41. The van der Waals surface area contributed by atoms with E-state index >= 15 is 0 Å². The summed E-state index contributed by atoms with van der Waals surface area (Å²) in [5.41, 5.74) is 1.71. The van der Waals surface area contributed by atoms with Gasteiger partial charge in [0.25, 0.3) is 15.9 Å². The minimum absolute atomic E-state index is 0.0690. The highest BCUT2D eigenvalue weighted by atomic mass is 35.5. The lowest BCUT2D eigenvalue weighted by Gasteiger charge is -2.32. The molecule has 1 N–H and O–H groups in total. The van der Waals surface area contributed by atoms with Gasteiger partial charge >= 0.3 is 0 Å². The summed E-state index contributed by atoms with van der Waals surface area (Å²) in [6.07, 6.45) is -0.0220. The third-order valence-electron chi connectivity index (χ3n) is 6.66. The molecular weight excluding hydrogens is 550 g/mol. The molecule has 10 heteroatoms. The van der Waals surface area contributed by atoms with E-state index in [0.29, 0.717) is 11.6 Å². The number of benzene rings is 3. The molecule has 0 bridgehead atoms. The molecule has 0 aliphatic carbocycles. The maximum Gasteiger partial charge on any atom is 0.269 e. The van der Waals surface area contributed by atoms with E-state index in [0.717, 1.165) is 15.4 Å². The molecule has 3 aromatic carbocycles. The summed E-state index contributed by atoms with van der Waals surface area (Å²) in [5.74, 6) is -1.22. The van der Waals surface area contributed by atoms with Crippen molar-refractivity contribution in [3.05, 3.63) is 101 Å². The number of nitrogens with zero attached hydrogens (tertiary/aromatic N) is 2. The fourth-order valence-electron chi connectivity index (χ4n) is 4.56. The number of fused-ring (bicyclic) bond motifs is 1. The van der Waals surface area contributed by atoms with Gasteiger partial charge in [0.15, 0.2) is 0 Å². The second-order valence-corrected chi connectivity index (χ2v) is 12.4. The second-order valence-electron chi connectivity index (χ2n) is 10.1. The fraction of sp³-hybridized carbons (Fsp3) is 0.300. The van der Waals surface area contributed by atoms with Gasteiger partial charge in [-0.05, 0) is 41.3 Å². The largest absolute Gasteiger partial charge is 0.354 e. The van der Waals surface area contributed by atoms with Gasteiger partial charge in [-0.2, -0.15) is 0 Å². The first-order valence-corrected chi connectivity index (χ1v) is 14.9. The first kappa shape index (κ1) is 29.3. The van der Waals surface area contributed by atoms with Crippen LogP contribution in [0.25, 0.3) is 0 Å². The molecule has 1 aliphatic heterocycles. The van der Waals surface area contributed by atoms with Gasteiger partial charge in [0.05, 0.1) is 5.56 Å². The molecule has 1 unspecified atom stereocenters. The normalized spacial score (nSPS) is 14.6. The summed E-state index contributed by atoms with van der Waals surface area (Å²) in [7, 11) is -4.06. The van der Waals surface area contributed by atoms with Crippen LogP contribution < -0.4 is 5.32 Å². The zero-order chi connectivity index (χ0) is 28.9. The van der Waals surface area contributed by atoms with Crippen molar-refractivity contribution in [3.63, 3.8) is 0 Å². The number of sulfonamides is 1. The monoisotopic (exact) mass is 581 g/mol. The molecule has 0 fully saturated rings. The quantitative estimate of drug-likeness (QED) is 0.364. The van der Waals surface area contributed by atoms with Crippen molar-refractivity contribution < 1.29 is 22.8 Å². The molecule has 1 heterocycles. The molecule has 40 heavy (non-hydrogen) atoms. The fourth-order valence-corrected chi connectivity index (χ4v) is 6.25. The first-order valence-electron chi connectivity index (χ1n) is 13.1. The Bertz CT molecular complexity index is 1480. The van der Waals surface area contributed by atoms with E-state index in [1.54, 1.807) is 36.4 Å². The molecule has 0 spiro atoms. The van der Waals surface area contributed by atoms with Crippen molar-refractivity contribution in [1.82, 2.24) is 14.5 Å². The van der Waals surface area contributed by atoms with E-state index in [1.807, 2.05) is 44.2 Å². The van der Waals surface area contributed by atoms with Crippen LogP contribution in [0.4, 0.5) is 0 Å². The summed E-state index contributed by atoms with van der Waals surface area (Å²) in [5, 5.41) is 3.48. The summed E-state index contributed by atoms with van der Waals surface area (Å²) in [6, 6.07) is 21.5. The van der Waals surface area contributed by atoms with E-state index in [2.05, 4.69) is 5.32 Å². The Balaban J connectivity index is 1.63. The molecule has 3 amide bonds. The summed E-state index contributed by atoms with van der Waals surface area (Å²) >= 11 is 6.06. The second kappa shape index (κ2) is 12.7.